The van der Waals surface area contributed by atoms with Crippen LogP contribution in [0.15, 0.2) is 79.4 Å². The summed E-state index contributed by atoms with van der Waals surface area (Å²) in [6.07, 6.45) is 21.7. The largest absolute Gasteiger partial charge is 0.330 e. The van der Waals surface area contributed by atoms with E-state index in [1.54, 1.807) is 0 Å². The smallest absolute Gasteiger partial charge is 0.0840 e. The maximum atomic E-state index is 5.79. The van der Waals surface area contributed by atoms with Gasteiger partial charge in [-0.15, -0.1) is 12.8 Å². The lowest BCUT2D eigenvalue weighted by atomic mass is 10.0. The molecule has 3 aromatic rings. The van der Waals surface area contributed by atoms with Gasteiger partial charge in [0.05, 0.1) is 13.1 Å². The van der Waals surface area contributed by atoms with E-state index in [0.717, 1.165) is 33.9 Å². The number of nitrogens with zero attached hydrogens (tertiary/aromatic N) is 2. The van der Waals surface area contributed by atoms with Crippen molar-refractivity contribution in [3.63, 3.8) is 0 Å². The van der Waals surface area contributed by atoms with Crippen LogP contribution in [0.1, 0.15) is 36.1 Å². The predicted molar refractivity (Wildman–Crippen MR) is 155 cm³/mol. The van der Waals surface area contributed by atoms with Gasteiger partial charge in [-0.3, -0.25) is 0 Å². The Morgan fingerprint density at radius 1 is 0.714 bits per heavy atom. The first-order valence-electron chi connectivity index (χ1n) is 11.7. The summed E-state index contributed by atoms with van der Waals surface area (Å²) in [7, 11) is 0. The van der Waals surface area contributed by atoms with Gasteiger partial charge in [0, 0.05) is 22.7 Å². The van der Waals surface area contributed by atoms with E-state index >= 15 is 0 Å². The van der Waals surface area contributed by atoms with Gasteiger partial charge in [0.25, 0.3) is 0 Å². The van der Waals surface area contributed by atoms with Crippen molar-refractivity contribution in [1.82, 2.24) is 0 Å². The molecule has 3 aromatic carbocycles. The van der Waals surface area contributed by atoms with Gasteiger partial charge in [-0.05, 0) is 85.5 Å². The molecule has 0 aliphatic heterocycles. The quantitative estimate of drug-likeness (QED) is 0.299. The van der Waals surface area contributed by atoms with Gasteiger partial charge >= 0.3 is 0 Å². The molecular weight excluding hydrogens is 424 g/mol. The first kappa shape index (κ1) is 25.2. The molecule has 0 aliphatic carbocycles. The van der Waals surface area contributed by atoms with E-state index in [2.05, 4.69) is 108 Å². The zero-order chi connectivity index (χ0) is 25.2. The monoisotopic (exact) mass is 456 g/mol. The molecule has 0 radical (unpaired) electrons. The fraction of sp³-hybridized carbons (Fsp3) is 0.152. The third-order valence-corrected chi connectivity index (χ3v) is 5.82. The maximum absolute atomic E-state index is 5.79. The van der Waals surface area contributed by atoms with Crippen LogP contribution in [-0.2, 0) is 0 Å². The molecule has 0 saturated carbocycles. The number of allylic oxidation sites excluding steroid dienone is 2. The van der Waals surface area contributed by atoms with Crippen molar-refractivity contribution in [2.75, 3.05) is 22.9 Å². The fourth-order valence-corrected chi connectivity index (χ4v) is 4.07. The standard InChI is InChI=1S/C33H32N2/c1-7-13-28-23-32(19-17-26(28)6)34(21-9-3)30-15-12-16-31(25-30)35(22-10-4)33-20-18-27(11-5)29(24-33)14-8-2/h3-4,7-8,11-20,23-25H,5,21-22H2,1-2,6H3/b13-7-,14-8-. The van der Waals surface area contributed by atoms with Gasteiger partial charge in [-0.2, -0.15) is 0 Å². The summed E-state index contributed by atoms with van der Waals surface area (Å²) in [6.45, 7) is 11.0. The first-order chi connectivity index (χ1) is 17.1. The van der Waals surface area contributed by atoms with Crippen LogP contribution in [0.25, 0.3) is 18.2 Å². The molecule has 0 amide bonds. The minimum atomic E-state index is 0.442. The van der Waals surface area contributed by atoms with Crippen LogP contribution < -0.4 is 9.80 Å². The van der Waals surface area contributed by atoms with Crippen LogP contribution >= 0.6 is 0 Å². The van der Waals surface area contributed by atoms with E-state index in [0.29, 0.717) is 13.1 Å². The Hall–Kier alpha value is -4.40. The summed E-state index contributed by atoms with van der Waals surface area (Å²) in [5.41, 5.74) is 8.66. The zero-order valence-electron chi connectivity index (χ0n) is 20.8. The highest BCUT2D eigenvalue weighted by molar-refractivity contribution is 5.76. The van der Waals surface area contributed by atoms with E-state index in [1.165, 1.54) is 11.1 Å². The number of anilines is 4. The van der Waals surface area contributed by atoms with Crippen LogP contribution in [0.4, 0.5) is 22.7 Å². The van der Waals surface area contributed by atoms with Gasteiger partial charge in [0.1, 0.15) is 0 Å². The summed E-state index contributed by atoms with van der Waals surface area (Å²) in [5, 5.41) is 0. The van der Waals surface area contributed by atoms with Gasteiger partial charge in [-0.1, -0.05) is 67.0 Å². The Balaban J connectivity index is 2.08. The molecule has 0 spiro atoms. The molecule has 2 nitrogen and oxygen atoms in total. The van der Waals surface area contributed by atoms with Crippen LogP contribution in [-0.4, -0.2) is 13.1 Å². The minimum Gasteiger partial charge on any atom is -0.330 e. The molecule has 0 fully saturated rings. The molecule has 3 rings (SSSR count). The highest BCUT2D eigenvalue weighted by Gasteiger charge is 2.14. The summed E-state index contributed by atoms with van der Waals surface area (Å²) in [4.78, 5) is 4.29. The van der Waals surface area contributed by atoms with Gasteiger partial charge in [0.2, 0.25) is 0 Å². The van der Waals surface area contributed by atoms with Crippen LogP contribution in [0, 0.1) is 31.6 Å². The summed E-state index contributed by atoms with van der Waals surface area (Å²) < 4.78 is 0. The molecule has 35 heavy (non-hydrogen) atoms. The summed E-state index contributed by atoms with van der Waals surface area (Å²) in [6, 6.07) is 21.1. The first-order valence-corrected chi connectivity index (χ1v) is 11.7. The van der Waals surface area contributed by atoms with Gasteiger partial charge in [0.15, 0.2) is 0 Å². The van der Waals surface area contributed by atoms with E-state index in [9.17, 15) is 0 Å². The third kappa shape index (κ3) is 5.94. The molecule has 0 unspecified atom stereocenters. The molecule has 0 aliphatic rings. The van der Waals surface area contributed by atoms with Crippen molar-refractivity contribution in [1.29, 1.82) is 0 Å². The molecular formula is C33H32N2. The zero-order valence-corrected chi connectivity index (χ0v) is 20.8. The average molecular weight is 457 g/mol. The van der Waals surface area contributed by atoms with Crippen LogP contribution in [0.2, 0.25) is 0 Å². The third-order valence-electron chi connectivity index (χ3n) is 5.82. The van der Waals surface area contributed by atoms with Gasteiger partial charge in [-0.25, -0.2) is 0 Å². The Morgan fingerprint density at radius 2 is 1.23 bits per heavy atom. The number of aryl methyl sites for hydroxylation is 1. The second-order valence-electron chi connectivity index (χ2n) is 8.16. The van der Waals surface area contributed by atoms with Crippen molar-refractivity contribution in [2.24, 2.45) is 0 Å². The van der Waals surface area contributed by atoms with Crippen molar-refractivity contribution < 1.29 is 0 Å². The van der Waals surface area contributed by atoms with Gasteiger partial charge < -0.3 is 9.80 Å². The minimum absolute atomic E-state index is 0.442. The van der Waals surface area contributed by atoms with Crippen molar-refractivity contribution in [3.05, 3.63) is 102 Å². The highest BCUT2D eigenvalue weighted by atomic mass is 15.2. The molecule has 0 bridgehead atoms. The highest BCUT2D eigenvalue weighted by Crippen LogP contribution is 2.34. The Morgan fingerprint density at radius 3 is 1.77 bits per heavy atom. The topological polar surface area (TPSA) is 6.48 Å². The second kappa shape index (κ2) is 12.2. The second-order valence-corrected chi connectivity index (χ2v) is 8.16. The van der Waals surface area contributed by atoms with E-state index in [4.69, 9.17) is 12.8 Å². The number of benzene rings is 3. The predicted octanol–water partition coefficient (Wildman–Crippen LogP) is 8.25. The SMILES string of the molecule is C#CCN(c1cccc(N(CC#C)c2ccc(C=C)c(/C=C\C)c2)c1)c1ccc(C)c(/C=C\C)c1. The average Bonchev–Trinajstić information content (AvgIpc) is 2.87. The lowest BCUT2D eigenvalue weighted by molar-refractivity contribution is 1.09. The summed E-state index contributed by atoms with van der Waals surface area (Å²) in [5.74, 6) is 5.63. The molecule has 0 N–H and O–H groups in total. The van der Waals surface area contributed by atoms with E-state index in [1.807, 2.05) is 32.1 Å². The van der Waals surface area contributed by atoms with Crippen LogP contribution in [0.5, 0.6) is 0 Å². The van der Waals surface area contributed by atoms with E-state index < -0.39 is 0 Å². The Labute approximate surface area is 210 Å². The van der Waals surface area contributed by atoms with E-state index in [-0.39, 0.29) is 0 Å². The fourth-order valence-electron chi connectivity index (χ4n) is 4.07. The molecule has 0 aromatic heterocycles. The lowest BCUT2D eigenvalue weighted by Gasteiger charge is -2.27. The van der Waals surface area contributed by atoms with Crippen LogP contribution in [0.3, 0.4) is 0 Å². The number of rotatable bonds is 9. The molecule has 2 heteroatoms. The lowest BCUT2D eigenvalue weighted by Crippen LogP contribution is -2.20. The molecule has 0 heterocycles. The Bertz CT molecular complexity index is 1330. The molecule has 174 valence electrons. The number of hydrogen-bond donors (Lipinski definition) is 0. The Kier molecular flexibility index (Phi) is 8.77. The number of terminal acetylenes is 2. The van der Waals surface area contributed by atoms with Crippen molar-refractivity contribution >= 4 is 41.0 Å². The maximum Gasteiger partial charge on any atom is 0.0840 e. The molecule has 0 saturated heterocycles. The van der Waals surface area contributed by atoms with Crippen molar-refractivity contribution in [3.8, 4) is 24.7 Å². The molecule has 0 atom stereocenters. The number of hydrogen-bond acceptors (Lipinski definition) is 2. The normalized spacial score (nSPS) is 10.8. The van der Waals surface area contributed by atoms with Crippen molar-refractivity contribution in [2.45, 2.75) is 20.8 Å². The summed E-state index contributed by atoms with van der Waals surface area (Å²) >= 11 is 0.